The summed E-state index contributed by atoms with van der Waals surface area (Å²) in [6.07, 6.45) is 1.28. The molecule has 0 radical (unpaired) electrons. The Bertz CT molecular complexity index is 403. The molecular formula is C16H26N2. The average Bonchev–Trinajstić information content (AvgIpc) is 2.56. The van der Waals surface area contributed by atoms with Crippen molar-refractivity contribution >= 4 is 0 Å². The number of nitrogens with zero attached hydrogens (tertiary/aromatic N) is 1. The minimum absolute atomic E-state index is 0.137. The van der Waals surface area contributed by atoms with Crippen molar-refractivity contribution in [2.24, 2.45) is 11.1 Å². The largest absolute Gasteiger partial charge is 0.323 e. The first kappa shape index (κ1) is 13.6. The number of hydrogen-bond donors (Lipinski definition) is 1. The topological polar surface area (TPSA) is 29.3 Å². The highest BCUT2D eigenvalue weighted by Gasteiger charge is 2.29. The molecule has 1 aliphatic rings. The molecule has 0 spiro atoms. The van der Waals surface area contributed by atoms with Crippen molar-refractivity contribution in [3.05, 3.63) is 34.9 Å². The minimum atomic E-state index is 0.137. The molecule has 2 heteroatoms. The molecule has 1 saturated heterocycles. The summed E-state index contributed by atoms with van der Waals surface area (Å²) in [6.45, 7) is 12.3. The molecule has 1 aromatic rings. The van der Waals surface area contributed by atoms with Gasteiger partial charge < -0.3 is 10.6 Å². The zero-order chi connectivity index (χ0) is 13.3. The van der Waals surface area contributed by atoms with Crippen molar-refractivity contribution in [2.45, 2.75) is 40.2 Å². The molecule has 0 bridgehead atoms. The maximum Gasteiger partial charge on any atom is 0.0424 e. The van der Waals surface area contributed by atoms with E-state index in [1.54, 1.807) is 0 Å². The molecule has 1 atom stereocenters. The van der Waals surface area contributed by atoms with E-state index in [0.29, 0.717) is 5.41 Å². The summed E-state index contributed by atoms with van der Waals surface area (Å²) in [4.78, 5) is 2.50. The molecule has 1 aliphatic heterocycles. The monoisotopic (exact) mass is 246 g/mol. The Hall–Kier alpha value is -0.860. The molecule has 0 saturated carbocycles. The summed E-state index contributed by atoms with van der Waals surface area (Å²) in [5.74, 6) is 0. The van der Waals surface area contributed by atoms with Gasteiger partial charge in [-0.05, 0) is 37.8 Å². The molecule has 2 nitrogen and oxygen atoms in total. The molecule has 1 aromatic carbocycles. The van der Waals surface area contributed by atoms with E-state index in [1.165, 1.54) is 36.2 Å². The third-order valence-electron chi connectivity index (χ3n) is 3.88. The van der Waals surface area contributed by atoms with E-state index < -0.39 is 0 Å². The standard InChI is InChI=1S/C16H26N2/c1-12-7-13(2)9-14(8-12)15(17)10-18-6-5-16(3,4)11-18/h7-9,15H,5-6,10-11,17H2,1-4H3. The van der Waals surface area contributed by atoms with Gasteiger partial charge in [0.1, 0.15) is 0 Å². The van der Waals surface area contributed by atoms with E-state index >= 15 is 0 Å². The molecule has 0 aliphatic carbocycles. The second kappa shape index (κ2) is 5.02. The minimum Gasteiger partial charge on any atom is -0.323 e. The van der Waals surface area contributed by atoms with Gasteiger partial charge in [0.25, 0.3) is 0 Å². The lowest BCUT2D eigenvalue weighted by molar-refractivity contribution is 0.276. The average molecular weight is 246 g/mol. The first-order valence-corrected chi connectivity index (χ1v) is 6.92. The first-order chi connectivity index (χ1) is 8.35. The molecular weight excluding hydrogens is 220 g/mol. The van der Waals surface area contributed by atoms with Gasteiger partial charge in [0.2, 0.25) is 0 Å². The van der Waals surface area contributed by atoms with Crippen LogP contribution in [0.4, 0.5) is 0 Å². The second-order valence-electron chi connectivity index (χ2n) is 6.68. The van der Waals surface area contributed by atoms with Crippen LogP contribution in [0.15, 0.2) is 18.2 Å². The van der Waals surface area contributed by atoms with Crippen molar-refractivity contribution in [1.82, 2.24) is 4.90 Å². The van der Waals surface area contributed by atoms with Crippen molar-refractivity contribution in [2.75, 3.05) is 19.6 Å². The smallest absolute Gasteiger partial charge is 0.0424 e. The van der Waals surface area contributed by atoms with Gasteiger partial charge in [-0.2, -0.15) is 0 Å². The normalized spacial score (nSPS) is 21.2. The Morgan fingerprint density at radius 3 is 2.33 bits per heavy atom. The Kier molecular flexibility index (Phi) is 3.79. The molecule has 2 N–H and O–H groups in total. The Balaban J connectivity index is 2.01. The highest BCUT2D eigenvalue weighted by Crippen LogP contribution is 2.29. The molecule has 100 valence electrons. The number of benzene rings is 1. The number of nitrogens with two attached hydrogens (primary N) is 1. The maximum atomic E-state index is 6.36. The SMILES string of the molecule is Cc1cc(C)cc(C(N)CN2CCC(C)(C)C2)c1. The van der Waals surface area contributed by atoms with Crippen molar-refractivity contribution in [1.29, 1.82) is 0 Å². The quantitative estimate of drug-likeness (QED) is 0.888. The van der Waals surface area contributed by atoms with E-state index in [4.69, 9.17) is 5.73 Å². The van der Waals surface area contributed by atoms with E-state index in [-0.39, 0.29) is 6.04 Å². The van der Waals surface area contributed by atoms with Gasteiger partial charge in [0, 0.05) is 19.1 Å². The summed E-state index contributed by atoms with van der Waals surface area (Å²) < 4.78 is 0. The third-order valence-corrected chi connectivity index (χ3v) is 3.88. The van der Waals surface area contributed by atoms with Crippen LogP contribution in [-0.2, 0) is 0 Å². The molecule has 1 unspecified atom stereocenters. The van der Waals surface area contributed by atoms with Crippen LogP contribution in [0.25, 0.3) is 0 Å². The van der Waals surface area contributed by atoms with Crippen molar-refractivity contribution in [3.63, 3.8) is 0 Å². The van der Waals surface area contributed by atoms with Crippen LogP contribution in [0.3, 0.4) is 0 Å². The number of likely N-dealkylation sites (tertiary alicyclic amines) is 1. The highest BCUT2D eigenvalue weighted by molar-refractivity contribution is 5.30. The molecule has 18 heavy (non-hydrogen) atoms. The zero-order valence-electron chi connectivity index (χ0n) is 12.2. The van der Waals surface area contributed by atoms with Gasteiger partial charge >= 0.3 is 0 Å². The Morgan fingerprint density at radius 2 is 1.83 bits per heavy atom. The number of rotatable bonds is 3. The van der Waals surface area contributed by atoms with Gasteiger partial charge in [0.05, 0.1) is 0 Å². The Labute approximate surface area is 111 Å². The number of aryl methyl sites for hydroxylation is 2. The van der Waals surface area contributed by atoms with E-state index in [0.717, 1.165) is 6.54 Å². The summed E-state index contributed by atoms with van der Waals surface area (Å²) in [5.41, 5.74) is 10.7. The summed E-state index contributed by atoms with van der Waals surface area (Å²) in [7, 11) is 0. The first-order valence-electron chi connectivity index (χ1n) is 6.92. The lowest BCUT2D eigenvalue weighted by atomic mass is 9.93. The molecule has 1 fully saturated rings. The predicted octanol–water partition coefficient (Wildman–Crippen LogP) is 3.04. The fraction of sp³-hybridized carbons (Fsp3) is 0.625. The van der Waals surface area contributed by atoms with Crippen LogP contribution in [0, 0.1) is 19.3 Å². The van der Waals surface area contributed by atoms with E-state index in [2.05, 4.69) is 50.8 Å². The van der Waals surface area contributed by atoms with Crippen molar-refractivity contribution in [3.8, 4) is 0 Å². The van der Waals surface area contributed by atoms with Gasteiger partial charge in [-0.25, -0.2) is 0 Å². The highest BCUT2D eigenvalue weighted by atomic mass is 15.2. The summed E-state index contributed by atoms with van der Waals surface area (Å²) in [6, 6.07) is 6.78. The number of hydrogen-bond acceptors (Lipinski definition) is 2. The molecule has 0 aromatic heterocycles. The van der Waals surface area contributed by atoms with Gasteiger partial charge in [0.15, 0.2) is 0 Å². The van der Waals surface area contributed by atoms with Crippen molar-refractivity contribution < 1.29 is 0 Å². The van der Waals surface area contributed by atoms with Gasteiger partial charge in [-0.15, -0.1) is 0 Å². The van der Waals surface area contributed by atoms with E-state index in [1.807, 2.05) is 0 Å². The molecule has 1 heterocycles. The maximum absolute atomic E-state index is 6.36. The Morgan fingerprint density at radius 1 is 1.22 bits per heavy atom. The second-order valence-corrected chi connectivity index (χ2v) is 6.68. The van der Waals surface area contributed by atoms with E-state index in [9.17, 15) is 0 Å². The van der Waals surface area contributed by atoms with Crippen LogP contribution in [0.2, 0.25) is 0 Å². The third kappa shape index (κ3) is 3.33. The lowest BCUT2D eigenvalue weighted by Gasteiger charge is -2.23. The van der Waals surface area contributed by atoms with Crippen LogP contribution >= 0.6 is 0 Å². The molecule has 2 rings (SSSR count). The lowest BCUT2D eigenvalue weighted by Crippen LogP contribution is -2.31. The zero-order valence-corrected chi connectivity index (χ0v) is 12.2. The fourth-order valence-electron chi connectivity index (χ4n) is 2.99. The molecule has 0 amide bonds. The van der Waals surface area contributed by atoms with Crippen LogP contribution in [-0.4, -0.2) is 24.5 Å². The summed E-state index contributed by atoms with van der Waals surface area (Å²) in [5, 5.41) is 0. The predicted molar refractivity (Wildman–Crippen MR) is 77.7 cm³/mol. The van der Waals surface area contributed by atoms with Crippen LogP contribution < -0.4 is 5.73 Å². The summed E-state index contributed by atoms with van der Waals surface area (Å²) >= 11 is 0. The fourth-order valence-corrected chi connectivity index (χ4v) is 2.99. The van der Waals surface area contributed by atoms with Crippen LogP contribution in [0.1, 0.15) is 43.0 Å². The van der Waals surface area contributed by atoms with Gasteiger partial charge in [-0.1, -0.05) is 43.2 Å². The van der Waals surface area contributed by atoms with Gasteiger partial charge in [-0.3, -0.25) is 0 Å². The van der Waals surface area contributed by atoms with Crippen LogP contribution in [0.5, 0.6) is 0 Å².